The van der Waals surface area contributed by atoms with Gasteiger partial charge in [-0.15, -0.1) is 0 Å². The fraction of sp³-hybridized carbons (Fsp3) is 0.143. The summed E-state index contributed by atoms with van der Waals surface area (Å²) in [5, 5.41) is 8.71. The van der Waals surface area contributed by atoms with Crippen molar-refractivity contribution in [2.24, 2.45) is 5.16 Å². The van der Waals surface area contributed by atoms with Crippen LogP contribution in [0.25, 0.3) is 10.8 Å². The van der Waals surface area contributed by atoms with Gasteiger partial charge in [0, 0.05) is 17.3 Å². The maximum atomic E-state index is 12.0. The number of amides is 1. The molecule has 0 saturated heterocycles. The van der Waals surface area contributed by atoms with Crippen molar-refractivity contribution in [2.45, 2.75) is 0 Å². The third-order valence-electron chi connectivity index (χ3n) is 3.96. The smallest absolute Gasteiger partial charge is 0.265 e. The largest absolute Gasteiger partial charge is 0.497 e. The van der Waals surface area contributed by atoms with Gasteiger partial charge in [-0.25, -0.2) is 0 Å². The molecule has 1 amide bonds. The Morgan fingerprint density at radius 1 is 1.04 bits per heavy atom. The van der Waals surface area contributed by atoms with E-state index in [1.165, 1.54) is 0 Å². The molecule has 0 heterocycles. The number of rotatable bonds is 7. The topological polar surface area (TPSA) is 69.2 Å². The van der Waals surface area contributed by atoms with E-state index >= 15 is 0 Å². The van der Waals surface area contributed by atoms with Gasteiger partial charge in [-0.2, -0.15) is 0 Å². The lowest BCUT2D eigenvalue weighted by Crippen LogP contribution is -2.16. The van der Waals surface area contributed by atoms with E-state index in [9.17, 15) is 4.79 Å². The van der Waals surface area contributed by atoms with Crippen LogP contribution in [-0.2, 0) is 9.63 Å². The van der Waals surface area contributed by atoms with Gasteiger partial charge in [-0.05, 0) is 29.0 Å². The monoisotopic (exact) mass is 364 g/mol. The number of hydrogen-bond acceptors (Lipinski definition) is 5. The number of benzene rings is 3. The molecular weight excluding hydrogens is 344 g/mol. The van der Waals surface area contributed by atoms with Crippen molar-refractivity contribution >= 4 is 28.6 Å². The zero-order valence-corrected chi connectivity index (χ0v) is 15.1. The Labute approximate surface area is 157 Å². The molecule has 6 heteroatoms. The van der Waals surface area contributed by atoms with E-state index < -0.39 is 0 Å². The molecule has 6 nitrogen and oxygen atoms in total. The van der Waals surface area contributed by atoms with Gasteiger partial charge in [0.1, 0.15) is 11.5 Å². The van der Waals surface area contributed by atoms with Crippen LogP contribution in [0.3, 0.4) is 0 Å². The number of nitrogens with one attached hydrogen (secondary N) is 1. The van der Waals surface area contributed by atoms with E-state index in [-0.39, 0.29) is 12.5 Å². The maximum absolute atomic E-state index is 12.0. The van der Waals surface area contributed by atoms with Gasteiger partial charge in [-0.1, -0.05) is 41.6 Å². The lowest BCUT2D eigenvalue weighted by molar-refractivity contribution is -0.120. The quantitative estimate of drug-likeness (QED) is 0.511. The maximum Gasteiger partial charge on any atom is 0.265 e. The molecule has 0 aromatic heterocycles. The first-order chi connectivity index (χ1) is 13.2. The molecule has 0 radical (unpaired) electrons. The van der Waals surface area contributed by atoms with E-state index in [4.69, 9.17) is 14.3 Å². The Morgan fingerprint density at radius 2 is 1.89 bits per heavy atom. The number of methoxy groups -OCH3 is 2. The molecule has 0 fully saturated rings. The summed E-state index contributed by atoms with van der Waals surface area (Å²) >= 11 is 0. The first-order valence-corrected chi connectivity index (χ1v) is 8.36. The standard InChI is InChI=1S/C21H20N2O4/c1-25-17-8-5-7-16(12-17)23-21(24)14-27-22-13-19-18-9-4-3-6-15(18)10-11-20(19)26-2/h3-13H,14H2,1-2H3,(H,23,24)/b22-13+. The second kappa shape index (κ2) is 8.71. The Hall–Kier alpha value is -3.54. The van der Waals surface area contributed by atoms with Crippen molar-refractivity contribution in [1.82, 2.24) is 0 Å². The lowest BCUT2D eigenvalue weighted by atomic mass is 10.0. The number of oxime groups is 1. The van der Waals surface area contributed by atoms with Crippen LogP contribution in [0.4, 0.5) is 5.69 Å². The second-order valence-electron chi connectivity index (χ2n) is 5.69. The van der Waals surface area contributed by atoms with Crippen molar-refractivity contribution in [2.75, 3.05) is 26.1 Å². The van der Waals surface area contributed by atoms with E-state index in [1.54, 1.807) is 44.7 Å². The number of hydrogen-bond donors (Lipinski definition) is 1. The van der Waals surface area contributed by atoms with E-state index in [0.29, 0.717) is 17.2 Å². The third kappa shape index (κ3) is 4.55. The van der Waals surface area contributed by atoms with Crippen LogP contribution in [0.5, 0.6) is 11.5 Å². The molecule has 27 heavy (non-hydrogen) atoms. The Balaban J connectivity index is 1.64. The molecule has 0 spiro atoms. The van der Waals surface area contributed by atoms with Crippen molar-refractivity contribution in [3.8, 4) is 11.5 Å². The number of nitrogens with zero attached hydrogens (tertiary/aromatic N) is 1. The molecule has 0 unspecified atom stereocenters. The molecule has 3 aromatic carbocycles. The summed E-state index contributed by atoms with van der Waals surface area (Å²) in [4.78, 5) is 17.1. The zero-order valence-electron chi connectivity index (χ0n) is 15.1. The minimum Gasteiger partial charge on any atom is -0.497 e. The molecule has 0 bridgehead atoms. The highest BCUT2D eigenvalue weighted by Crippen LogP contribution is 2.26. The molecule has 0 aliphatic heterocycles. The lowest BCUT2D eigenvalue weighted by Gasteiger charge is -2.08. The number of carbonyl (C=O) groups is 1. The van der Waals surface area contributed by atoms with Gasteiger partial charge in [0.15, 0.2) is 6.61 Å². The summed E-state index contributed by atoms with van der Waals surface area (Å²) in [6.45, 7) is -0.208. The predicted octanol–water partition coefficient (Wildman–Crippen LogP) is 3.85. The second-order valence-corrected chi connectivity index (χ2v) is 5.69. The first-order valence-electron chi connectivity index (χ1n) is 8.36. The molecular formula is C21H20N2O4. The van der Waals surface area contributed by atoms with Crippen LogP contribution in [-0.4, -0.2) is 32.9 Å². The van der Waals surface area contributed by atoms with Crippen LogP contribution in [0, 0.1) is 0 Å². The minimum atomic E-state index is -0.315. The van der Waals surface area contributed by atoms with Gasteiger partial charge < -0.3 is 19.6 Å². The molecule has 3 aromatic rings. The van der Waals surface area contributed by atoms with E-state index in [0.717, 1.165) is 16.3 Å². The highest BCUT2D eigenvalue weighted by atomic mass is 16.6. The SMILES string of the molecule is COc1cccc(NC(=O)CO/N=C/c2c(OC)ccc3ccccc23)c1. The minimum absolute atomic E-state index is 0.208. The number of fused-ring (bicyclic) bond motifs is 1. The number of anilines is 1. The highest BCUT2D eigenvalue weighted by molar-refractivity contribution is 6.02. The summed E-state index contributed by atoms with van der Waals surface area (Å²) in [7, 11) is 3.17. The molecule has 0 saturated carbocycles. The molecule has 1 N–H and O–H groups in total. The summed E-state index contributed by atoms with van der Waals surface area (Å²) in [5.74, 6) is 1.03. The van der Waals surface area contributed by atoms with Gasteiger partial charge in [0.25, 0.3) is 5.91 Å². The van der Waals surface area contributed by atoms with E-state index in [2.05, 4.69) is 10.5 Å². The Morgan fingerprint density at radius 3 is 2.70 bits per heavy atom. The van der Waals surface area contributed by atoms with Crippen LogP contribution >= 0.6 is 0 Å². The van der Waals surface area contributed by atoms with Crippen LogP contribution < -0.4 is 14.8 Å². The fourth-order valence-electron chi connectivity index (χ4n) is 2.67. The first kappa shape index (κ1) is 18.3. The Bertz CT molecular complexity index is 969. The number of carbonyl (C=O) groups excluding carboxylic acids is 1. The normalized spacial score (nSPS) is 10.7. The van der Waals surface area contributed by atoms with Gasteiger partial charge in [-0.3, -0.25) is 4.79 Å². The summed E-state index contributed by atoms with van der Waals surface area (Å²) in [5.41, 5.74) is 1.42. The summed E-state index contributed by atoms with van der Waals surface area (Å²) in [6.07, 6.45) is 1.56. The van der Waals surface area contributed by atoms with Crippen LogP contribution in [0.15, 0.2) is 65.8 Å². The van der Waals surface area contributed by atoms with Gasteiger partial charge in [0.05, 0.1) is 20.4 Å². The van der Waals surface area contributed by atoms with Crippen molar-refractivity contribution < 1.29 is 19.1 Å². The van der Waals surface area contributed by atoms with Crippen molar-refractivity contribution in [3.63, 3.8) is 0 Å². The average Bonchev–Trinajstić information content (AvgIpc) is 2.71. The van der Waals surface area contributed by atoms with Gasteiger partial charge >= 0.3 is 0 Å². The molecule has 0 atom stereocenters. The third-order valence-corrected chi connectivity index (χ3v) is 3.96. The molecule has 138 valence electrons. The molecule has 3 rings (SSSR count). The summed E-state index contributed by atoms with van der Waals surface area (Å²) < 4.78 is 10.5. The van der Waals surface area contributed by atoms with Crippen LogP contribution in [0.1, 0.15) is 5.56 Å². The van der Waals surface area contributed by atoms with E-state index in [1.807, 2.05) is 36.4 Å². The fourth-order valence-corrected chi connectivity index (χ4v) is 2.67. The van der Waals surface area contributed by atoms with Crippen molar-refractivity contribution in [3.05, 3.63) is 66.2 Å². The molecule has 0 aliphatic rings. The summed E-state index contributed by atoms with van der Waals surface area (Å²) in [6, 6.07) is 18.8. The highest BCUT2D eigenvalue weighted by Gasteiger charge is 2.07. The zero-order chi connectivity index (χ0) is 19.1. The van der Waals surface area contributed by atoms with Crippen molar-refractivity contribution in [1.29, 1.82) is 0 Å². The van der Waals surface area contributed by atoms with Gasteiger partial charge in [0.2, 0.25) is 0 Å². The number of ether oxygens (including phenoxy) is 2. The molecule has 0 aliphatic carbocycles. The predicted molar refractivity (Wildman–Crippen MR) is 106 cm³/mol. The average molecular weight is 364 g/mol. The van der Waals surface area contributed by atoms with Crippen LogP contribution in [0.2, 0.25) is 0 Å². The Kier molecular flexibility index (Phi) is 5.89.